The number of anilines is 1. The van der Waals surface area contributed by atoms with E-state index in [2.05, 4.69) is 15.1 Å². The number of carbonyl (C=O) groups excluding carboxylic acids is 1. The number of carbonyl (C=O) groups is 1. The average molecular weight is 364 g/mol. The van der Waals surface area contributed by atoms with Gasteiger partial charge >= 0.3 is 0 Å². The average Bonchev–Trinajstić information content (AvgIpc) is 2.74. The van der Waals surface area contributed by atoms with E-state index in [9.17, 15) is 9.59 Å². The molecule has 0 bridgehead atoms. The summed E-state index contributed by atoms with van der Waals surface area (Å²) in [4.78, 5) is 28.9. The lowest BCUT2D eigenvalue weighted by atomic mass is 10.1. The van der Waals surface area contributed by atoms with Gasteiger partial charge < -0.3 is 14.5 Å². The van der Waals surface area contributed by atoms with Gasteiger partial charge in [-0.1, -0.05) is 24.3 Å². The van der Waals surface area contributed by atoms with Crippen molar-refractivity contribution in [3.8, 4) is 5.75 Å². The molecule has 1 aromatic heterocycles. The van der Waals surface area contributed by atoms with Crippen LogP contribution in [0.3, 0.4) is 0 Å². The summed E-state index contributed by atoms with van der Waals surface area (Å²) in [5, 5.41) is 7.52. The molecule has 1 aliphatic rings. The first kappa shape index (κ1) is 17.1. The molecule has 4 rings (SSSR count). The third kappa shape index (κ3) is 3.23. The van der Waals surface area contributed by atoms with Crippen molar-refractivity contribution in [1.29, 1.82) is 0 Å². The van der Waals surface area contributed by atoms with E-state index in [1.54, 1.807) is 36.3 Å². The van der Waals surface area contributed by atoms with Crippen molar-refractivity contribution in [2.45, 2.75) is 0 Å². The van der Waals surface area contributed by atoms with E-state index in [0.29, 0.717) is 29.6 Å². The molecule has 0 atom stereocenters. The molecule has 1 fully saturated rings. The molecule has 2 aromatic carbocycles. The molecule has 7 heteroatoms. The van der Waals surface area contributed by atoms with Gasteiger partial charge in [0, 0.05) is 43.3 Å². The normalized spacial score (nSPS) is 14.4. The first-order valence-electron chi connectivity index (χ1n) is 8.83. The molecule has 1 saturated heterocycles. The monoisotopic (exact) mass is 364 g/mol. The van der Waals surface area contributed by atoms with Crippen LogP contribution in [0.5, 0.6) is 5.75 Å². The first-order chi connectivity index (χ1) is 13.2. The number of aromatic amines is 1. The topological polar surface area (TPSA) is 78.5 Å². The Morgan fingerprint density at radius 1 is 1.04 bits per heavy atom. The smallest absolute Gasteiger partial charge is 0.275 e. The Balaban J connectivity index is 1.52. The van der Waals surface area contributed by atoms with Gasteiger partial charge in [0.15, 0.2) is 5.69 Å². The maximum atomic E-state index is 13.0. The number of methoxy groups -OCH3 is 1. The Morgan fingerprint density at radius 3 is 2.52 bits per heavy atom. The van der Waals surface area contributed by atoms with E-state index in [1.165, 1.54) is 0 Å². The summed E-state index contributed by atoms with van der Waals surface area (Å²) in [7, 11) is 1.65. The molecule has 1 N–H and O–H groups in total. The van der Waals surface area contributed by atoms with Gasteiger partial charge in [0.25, 0.3) is 11.5 Å². The summed E-state index contributed by atoms with van der Waals surface area (Å²) in [6.07, 6.45) is 0. The second-order valence-electron chi connectivity index (χ2n) is 6.43. The minimum Gasteiger partial charge on any atom is -0.497 e. The molecular weight excluding hydrogens is 344 g/mol. The van der Waals surface area contributed by atoms with Crippen LogP contribution in [0.4, 0.5) is 5.69 Å². The SMILES string of the molecule is COc1cccc(N2CCN(C(=O)c3n[nH]c(=O)c4ccccc34)CC2)c1. The van der Waals surface area contributed by atoms with Crippen molar-refractivity contribution >= 4 is 22.4 Å². The number of hydrogen-bond donors (Lipinski definition) is 1. The van der Waals surface area contributed by atoms with Crippen LogP contribution in [0.1, 0.15) is 10.5 Å². The van der Waals surface area contributed by atoms with Crippen LogP contribution in [0, 0.1) is 0 Å². The summed E-state index contributed by atoms with van der Waals surface area (Å²) in [6.45, 7) is 2.62. The number of benzene rings is 2. The molecule has 1 amide bonds. The maximum Gasteiger partial charge on any atom is 0.275 e. The molecule has 3 aromatic rings. The zero-order valence-corrected chi connectivity index (χ0v) is 15.0. The third-order valence-corrected chi connectivity index (χ3v) is 4.88. The Hall–Kier alpha value is -3.35. The third-order valence-electron chi connectivity index (χ3n) is 4.88. The van der Waals surface area contributed by atoms with E-state index >= 15 is 0 Å². The van der Waals surface area contributed by atoms with Gasteiger partial charge in [-0.2, -0.15) is 5.10 Å². The Bertz CT molecular complexity index is 1040. The quantitative estimate of drug-likeness (QED) is 0.768. The number of fused-ring (bicyclic) bond motifs is 1. The standard InChI is InChI=1S/C20H20N4O3/c1-27-15-6-4-5-14(13-15)23-9-11-24(12-10-23)20(26)18-16-7-2-3-8-17(16)19(25)22-21-18/h2-8,13H,9-12H2,1H3,(H,22,25). The van der Waals surface area contributed by atoms with Gasteiger partial charge in [0.2, 0.25) is 0 Å². The fraction of sp³-hybridized carbons (Fsp3) is 0.250. The van der Waals surface area contributed by atoms with Crippen molar-refractivity contribution in [1.82, 2.24) is 15.1 Å². The number of piperazine rings is 1. The van der Waals surface area contributed by atoms with E-state index in [4.69, 9.17) is 4.74 Å². The zero-order chi connectivity index (χ0) is 18.8. The highest BCUT2D eigenvalue weighted by Crippen LogP contribution is 2.23. The van der Waals surface area contributed by atoms with Crippen LogP contribution in [0.15, 0.2) is 53.3 Å². The number of ether oxygens (including phenoxy) is 1. The predicted octanol–water partition coefficient (Wildman–Crippen LogP) is 1.89. The highest BCUT2D eigenvalue weighted by Gasteiger charge is 2.25. The molecule has 7 nitrogen and oxygen atoms in total. The highest BCUT2D eigenvalue weighted by atomic mass is 16.5. The van der Waals surface area contributed by atoms with Gasteiger partial charge in [-0.15, -0.1) is 0 Å². The maximum absolute atomic E-state index is 13.0. The lowest BCUT2D eigenvalue weighted by Gasteiger charge is -2.36. The minimum absolute atomic E-state index is 0.159. The van der Waals surface area contributed by atoms with E-state index in [0.717, 1.165) is 24.5 Å². The molecule has 0 aliphatic carbocycles. The fourth-order valence-corrected chi connectivity index (χ4v) is 3.40. The second-order valence-corrected chi connectivity index (χ2v) is 6.43. The molecule has 0 saturated carbocycles. The fourth-order valence-electron chi connectivity index (χ4n) is 3.40. The molecule has 2 heterocycles. The molecule has 0 radical (unpaired) electrons. The number of hydrogen-bond acceptors (Lipinski definition) is 5. The van der Waals surface area contributed by atoms with Gasteiger partial charge in [-0.05, 0) is 18.2 Å². The van der Waals surface area contributed by atoms with Crippen molar-refractivity contribution < 1.29 is 9.53 Å². The number of aromatic nitrogens is 2. The second kappa shape index (κ2) is 7.11. The van der Waals surface area contributed by atoms with Crippen LogP contribution in [-0.4, -0.2) is 54.3 Å². The van der Waals surface area contributed by atoms with Gasteiger partial charge in [0.1, 0.15) is 5.75 Å². The summed E-state index contributed by atoms with van der Waals surface area (Å²) in [5.74, 6) is 0.655. The number of amides is 1. The highest BCUT2D eigenvalue weighted by molar-refractivity contribution is 6.04. The van der Waals surface area contributed by atoms with Gasteiger partial charge in [-0.25, -0.2) is 5.10 Å². The van der Waals surface area contributed by atoms with Gasteiger partial charge in [-0.3, -0.25) is 9.59 Å². The van der Waals surface area contributed by atoms with E-state index in [1.807, 2.05) is 24.3 Å². The summed E-state index contributed by atoms with van der Waals surface area (Å²) < 4.78 is 5.28. The van der Waals surface area contributed by atoms with Crippen molar-refractivity contribution in [3.63, 3.8) is 0 Å². The number of rotatable bonds is 3. The minimum atomic E-state index is -0.287. The van der Waals surface area contributed by atoms with Crippen molar-refractivity contribution in [2.75, 3.05) is 38.2 Å². The Kier molecular flexibility index (Phi) is 4.50. The zero-order valence-electron chi connectivity index (χ0n) is 15.0. The van der Waals surface area contributed by atoms with Crippen LogP contribution < -0.4 is 15.2 Å². The molecular formula is C20H20N4O3. The van der Waals surface area contributed by atoms with E-state index < -0.39 is 0 Å². The molecule has 138 valence electrons. The van der Waals surface area contributed by atoms with Crippen molar-refractivity contribution in [2.24, 2.45) is 0 Å². The molecule has 0 unspecified atom stereocenters. The Labute approximate surface area is 156 Å². The molecule has 27 heavy (non-hydrogen) atoms. The van der Waals surface area contributed by atoms with Gasteiger partial charge in [0.05, 0.1) is 12.5 Å². The lowest BCUT2D eigenvalue weighted by Crippen LogP contribution is -2.49. The van der Waals surface area contributed by atoms with E-state index in [-0.39, 0.29) is 11.5 Å². The predicted molar refractivity (Wildman–Crippen MR) is 103 cm³/mol. The first-order valence-corrected chi connectivity index (χ1v) is 8.83. The Morgan fingerprint density at radius 2 is 1.78 bits per heavy atom. The summed E-state index contributed by atoms with van der Waals surface area (Å²) in [5.41, 5.74) is 1.08. The van der Waals surface area contributed by atoms with Crippen LogP contribution in [-0.2, 0) is 0 Å². The molecule has 1 aliphatic heterocycles. The van der Waals surface area contributed by atoms with Crippen LogP contribution in [0.2, 0.25) is 0 Å². The lowest BCUT2D eigenvalue weighted by molar-refractivity contribution is 0.0742. The van der Waals surface area contributed by atoms with Crippen molar-refractivity contribution in [3.05, 3.63) is 64.6 Å². The van der Waals surface area contributed by atoms with Crippen LogP contribution in [0.25, 0.3) is 10.8 Å². The molecule has 0 spiro atoms. The largest absolute Gasteiger partial charge is 0.497 e. The number of nitrogens with zero attached hydrogens (tertiary/aromatic N) is 3. The number of H-pyrrole nitrogens is 1. The summed E-state index contributed by atoms with van der Waals surface area (Å²) >= 11 is 0. The summed E-state index contributed by atoms with van der Waals surface area (Å²) in [6, 6.07) is 15.0. The number of nitrogens with one attached hydrogen (secondary N) is 1. The van der Waals surface area contributed by atoms with Crippen LogP contribution >= 0.6 is 0 Å².